The fraction of sp³-hybridized carbons (Fsp3) is 0.381. The van der Waals surface area contributed by atoms with E-state index < -0.39 is 0 Å². The van der Waals surface area contributed by atoms with Crippen LogP contribution in [0.1, 0.15) is 43.0 Å². The molecular weight excluding hydrogens is 326 g/mol. The van der Waals surface area contributed by atoms with Crippen molar-refractivity contribution in [2.24, 2.45) is 10.7 Å². The normalized spacial score (nSPS) is 17.9. The fourth-order valence-corrected chi connectivity index (χ4v) is 3.06. The molecule has 2 unspecified atom stereocenters. The maximum Gasteiger partial charge on any atom is 0.189 e. The maximum atomic E-state index is 6.05. The van der Waals surface area contributed by atoms with E-state index in [1.165, 1.54) is 5.56 Å². The minimum absolute atomic E-state index is 0.0920. The van der Waals surface area contributed by atoms with Crippen LogP contribution in [0, 0.1) is 0 Å². The van der Waals surface area contributed by atoms with Gasteiger partial charge in [0.05, 0.1) is 18.8 Å². The van der Waals surface area contributed by atoms with Gasteiger partial charge in [0, 0.05) is 25.1 Å². The van der Waals surface area contributed by atoms with Crippen LogP contribution < -0.4 is 15.8 Å². The van der Waals surface area contributed by atoms with E-state index in [0.29, 0.717) is 25.7 Å². The van der Waals surface area contributed by atoms with Gasteiger partial charge >= 0.3 is 0 Å². The summed E-state index contributed by atoms with van der Waals surface area (Å²) in [7, 11) is 0. The Balaban J connectivity index is 1.41. The summed E-state index contributed by atoms with van der Waals surface area (Å²) in [4.78, 5) is 4.42. The van der Waals surface area contributed by atoms with Crippen molar-refractivity contribution in [2.45, 2.75) is 31.9 Å². The van der Waals surface area contributed by atoms with Gasteiger partial charge in [0.15, 0.2) is 5.96 Å². The Kier molecular flexibility index (Phi) is 6.50. The van der Waals surface area contributed by atoms with Crippen LogP contribution in [0.5, 0.6) is 5.75 Å². The number of hydrogen-bond donors (Lipinski definition) is 2. The Morgan fingerprint density at radius 3 is 2.85 bits per heavy atom. The molecule has 0 amide bonds. The van der Waals surface area contributed by atoms with Crippen molar-refractivity contribution in [1.29, 1.82) is 0 Å². The minimum Gasteiger partial charge on any atom is -0.493 e. The summed E-state index contributed by atoms with van der Waals surface area (Å²) in [5.41, 5.74) is 8.38. The number of hydrogen-bond acceptors (Lipinski definition) is 3. The molecule has 3 N–H and O–H groups in total. The largest absolute Gasteiger partial charge is 0.493 e. The Bertz CT molecular complexity index is 718. The summed E-state index contributed by atoms with van der Waals surface area (Å²) in [5.74, 6) is 1.40. The lowest BCUT2D eigenvalue weighted by molar-refractivity contribution is 0.0652. The number of ether oxygens (including phenoxy) is 2. The molecule has 2 atom stereocenters. The number of nitrogens with two attached hydrogens (primary N) is 1. The third-order valence-electron chi connectivity index (χ3n) is 4.50. The molecule has 5 nitrogen and oxygen atoms in total. The van der Waals surface area contributed by atoms with Crippen molar-refractivity contribution < 1.29 is 9.47 Å². The standard InChI is InChI=1S/C21H27N3O2/c1-16(17-8-3-2-4-9-17)25-14-7-13-23-21(22)24-19-12-15-26-20-11-6-5-10-18(19)20/h2-6,8-11,16,19H,7,12-15H2,1H3,(H3,22,23,24). The van der Waals surface area contributed by atoms with E-state index in [1.807, 2.05) is 36.4 Å². The molecule has 2 aromatic rings. The number of para-hydroxylation sites is 1. The van der Waals surface area contributed by atoms with Crippen molar-refractivity contribution in [2.75, 3.05) is 19.8 Å². The van der Waals surface area contributed by atoms with Gasteiger partial charge in [-0.05, 0) is 25.0 Å². The van der Waals surface area contributed by atoms with Gasteiger partial charge in [-0.2, -0.15) is 0 Å². The monoisotopic (exact) mass is 353 g/mol. The summed E-state index contributed by atoms with van der Waals surface area (Å²) in [6.45, 7) is 4.06. The van der Waals surface area contributed by atoms with Gasteiger partial charge in [-0.1, -0.05) is 48.5 Å². The molecule has 0 saturated carbocycles. The van der Waals surface area contributed by atoms with Crippen molar-refractivity contribution in [3.63, 3.8) is 0 Å². The molecule has 0 aromatic heterocycles. The molecule has 0 spiro atoms. The lowest BCUT2D eigenvalue weighted by Gasteiger charge is -2.26. The first kappa shape index (κ1) is 18.3. The topological polar surface area (TPSA) is 68.9 Å². The Hall–Kier alpha value is -2.53. The maximum absolute atomic E-state index is 6.05. The molecule has 0 aliphatic carbocycles. The highest BCUT2D eigenvalue weighted by Crippen LogP contribution is 2.31. The molecule has 1 aliphatic rings. The number of aliphatic imine (C=N–C) groups is 1. The molecule has 5 heteroatoms. The number of nitrogens with one attached hydrogen (secondary N) is 1. The smallest absolute Gasteiger partial charge is 0.189 e. The third kappa shape index (κ3) is 4.99. The predicted molar refractivity (Wildman–Crippen MR) is 104 cm³/mol. The van der Waals surface area contributed by atoms with Gasteiger partial charge in [-0.3, -0.25) is 4.99 Å². The second-order valence-electron chi connectivity index (χ2n) is 6.42. The summed E-state index contributed by atoms with van der Waals surface area (Å²) >= 11 is 0. The predicted octanol–water partition coefficient (Wildman–Crippen LogP) is 3.58. The highest BCUT2D eigenvalue weighted by molar-refractivity contribution is 5.78. The van der Waals surface area contributed by atoms with E-state index >= 15 is 0 Å². The first-order chi connectivity index (χ1) is 12.7. The van der Waals surface area contributed by atoms with Gasteiger partial charge < -0.3 is 20.5 Å². The van der Waals surface area contributed by atoms with Gasteiger partial charge in [0.1, 0.15) is 5.75 Å². The Morgan fingerprint density at radius 2 is 2.00 bits per heavy atom. The van der Waals surface area contributed by atoms with Crippen molar-refractivity contribution in [1.82, 2.24) is 5.32 Å². The average molecular weight is 353 g/mol. The van der Waals surface area contributed by atoms with E-state index in [4.69, 9.17) is 15.2 Å². The number of guanidine groups is 1. The van der Waals surface area contributed by atoms with Crippen molar-refractivity contribution in [3.8, 4) is 5.75 Å². The molecule has 138 valence electrons. The number of nitrogens with zero attached hydrogens (tertiary/aromatic N) is 1. The molecule has 0 fully saturated rings. The second kappa shape index (κ2) is 9.25. The summed E-state index contributed by atoms with van der Waals surface area (Å²) in [6, 6.07) is 18.4. The molecule has 26 heavy (non-hydrogen) atoms. The molecule has 0 saturated heterocycles. The third-order valence-corrected chi connectivity index (χ3v) is 4.50. The van der Waals surface area contributed by atoms with E-state index in [9.17, 15) is 0 Å². The highest BCUT2D eigenvalue weighted by atomic mass is 16.5. The molecule has 1 aliphatic heterocycles. The molecule has 0 bridgehead atoms. The SMILES string of the molecule is CC(OCCCN=C(N)NC1CCOc2ccccc21)c1ccccc1. The second-order valence-corrected chi connectivity index (χ2v) is 6.42. The highest BCUT2D eigenvalue weighted by Gasteiger charge is 2.21. The van der Waals surface area contributed by atoms with Gasteiger partial charge in [-0.15, -0.1) is 0 Å². The van der Waals surface area contributed by atoms with Gasteiger partial charge in [0.2, 0.25) is 0 Å². The van der Waals surface area contributed by atoms with E-state index in [0.717, 1.165) is 24.2 Å². The molecule has 0 radical (unpaired) electrons. The number of rotatable bonds is 7. The van der Waals surface area contributed by atoms with E-state index in [-0.39, 0.29) is 12.1 Å². The van der Waals surface area contributed by atoms with Crippen molar-refractivity contribution >= 4 is 5.96 Å². The number of fused-ring (bicyclic) bond motifs is 1. The van der Waals surface area contributed by atoms with E-state index in [1.54, 1.807) is 0 Å². The molecule has 1 heterocycles. The zero-order chi connectivity index (χ0) is 18.2. The van der Waals surface area contributed by atoms with Crippen LogP contribution in [0.2, 0.25) is 0 Å². The lowest BCUT2D eigenvalue weighted by atomic mass is 10.0. The molecular formula is C21H27N3O2. The van der Waals surface area contributed by atoms with Gasteiger partial charge in [-0.25, -0.2) is 0 Å². The van der Waals surface area contributed by atoms with Crippen LogP contribution in [0.4, 0.5) is 0 Å². The molecule has 3 rings (SSSR count). The van der Waals surface area contributed by atoms with Crippen LogP contribution in [0.3, 0.4) is 0 Å². The van der Waals surface area contributed by atoms with Crippen LogP contribution in [-0.4, -0.2) is 25.7 Å². The Labute approximate surface area is 155 Å². The first-order valence-electron chi connectivity index (χ1n) is 9.19. The zero-order valence-corrected chi connectivity index (χ0v) is 15.2. The van der Waals surface area contributed by atoms with Crippen LogP contribution >= 0.6 is 0 Å². The van der Waals surface area contributed by atoms with E-state index in [2.05, 4.69) is 35.4 Å². The van der Waals surface area contributed by atoms with Gasteiger partial charge in [0.25, 0.3) is 0 Å². The quantitative estimate of drug-likeness (QED) is 0.453. The average Bonchev–Trinajstić information content (AvgIpc) is 2.68. The zero-order valence-electron chi connectivity index (χ0n) is 15.2. The fourth-order valence-electron chi connectivity index (χ4n) is 3.06. The lowest BCUT2D eigenvalue weighted by Crippen LogP contribution is -2.37. The first-order valence-corrected chi connectivity index (χ1v) is 9.19. The van der Waals surface area contributed by atoms with Crippen LogP contribution in [0.25, 0.3) is 0 Å². The minimum atomic E-state index is 0.0920. The Morgan fingerprint density at radius 1 is 1.23 bits per heavy atom. The summed E-state index contributed by atoms with van der Waals surface area (Å²) < 4.78 is 11.5. The van der Waals surface area contributed by atoms with Crippen LogP contribution in [0.15, 0.2) is 59.6 Å². The summed E-state index contributed by atoms with van der Waals surface area (Å²) in [5, 5.41) is 3.31. The summed E-state index contributed by atoms with van der Waals surface area (Å²) in [6.07, 6.45) is 1.81. The number of benzene rings is 2. The van der Waals surface area contributed by atoms with Crippen LogP contribution in [-0.2, 0) is 4.74 Å². The molecule has 2 aromatic carbocycles. The van der Waals surface area contributed by atoms with Crippen molar-refractivity contribution in [3.05, 3.63) is 65.7 Å².